The van der Waals surface area contributed by atoms with Gasteiger partial charge in [0.05, 0.1) is 0 Å². The van der Waals surface area contributed by atoms with Crippen molar-refractivity contribution in [3.8, 4) is 0 Å². The third kappa shape index (κ3) is 4.91. The van der Waals surface area contributed by atoms with Crippen LogP contribution in [0.2, 0.25) is 0 Å². The molecule has 0 bridgehead atoms. The monoisotopic (exact) mass is 299 g/mol. The maximum atomic E-state index is 12.2. The van der Waals surface area contributed by atoms with E-state index in [4.69, 9.17) is 0 Å². The molecule has 2 atom stereocenters. The van der Waals surface area contributed by atoms with Gasteiger partial charge in [-0.15, -0.1) is 0 Å². The normalized spacial score (nSPS) is 18.6. The quantitative estimate of drug-likeness (QED) is 0.801. The van der Waals surface area contributed by atoms with Crippen LogP contribution in [0.3, 0.4) is 0 Å². The molecule has 0 radical (unpaired) electrons. The second-order valence-corrected chi connectivity index (χ2v) is 5.50. The summed E-state index contributed by atoms with van der Waals surface area (Å²) in [5, 5.41) is 11.8. The molecule has 0 saturated carbocycles. The van der Waals surface area contributed by atoms with Crippen LogP contribution < -0.4 is 5.32 Å². The van der Waals surface area contributed by atoms with Crippen molar-refractivity contribution in [1.29, 1.82) is 0 Å². The number of carbonyl (C=O) groups excluding carboxylic acids is 2. The standard InChI is InChI=1S/C14H25N3O4/c1-4-10(2)12(13(19)20)15-14(21)17-7-5-6-16(8-9-17)11(3)18/h10,12H,4-9H2,1-3H3,(H,15,21)(H,19,20)/t10-,12-/m0/s1. The molecule has 0 aromatic heterocycles. The number of urea groups is 1. The third-order valence-corrected chi connectivity index (χ3v) is 3.99. The predicted molar refractivity (Wildman–Crippen MR) is 77.9 cm³/mol. The number of nitrogens with zero attached hydrogens (tertiary/aromatic N) is 2. The average molecular weight is 299 g/mol. The lowest BCUT2D eigenvalue weighted by Gasteiger charge is -2.26. The van der Waals surface area contributed by atoms with E-state index in [0.29, 0.717) is 39.0 Å². The minimum atomic E-state index is -1.02. The molecule has 0 aliphatic carbocycles. The first-order valence-corrected chi connectivity index (χ1v) is 7.40. The predicted octanol–water partition coefficient (Wildman–Crippen LogP) is 0.750. The number of amides is 3. The Kier molecular flexibility index (Phi) is 6.45. The van der Waals surface area contributed by atoms with Crippen molar-refractivity contribution in [1.82, 2.24) is 15.1 Å². The van der Waals surface area contributed by atoms with Crippen LogP contribution in [-0.4, -0.2) is 65.0 Å². The molecule has 0 spiro atoms. The number of carboxylic acid groups (broad SMARTS) is 1. The summed E-state index contributed by atoms with van der Waals surface area (Å²) in [6, 6.07) is -1.25. The number of aliphatic carboxylic acids is 1. The van der Waals surface area contributed by atoms with Crippen molar-refractivity contribution >= 4 is 17.9 Å². The van der Waals surface area contributed by atoms with Gasteiger partial charge in [0.1, 0.15) is 6.04 Å². The molecule has 1 heterocycles. The van der Waals surface area contributed by atoms with Crippen LogP contribution in [0.1, 0.15) is 33.6 Å². The Balaban J connectivity index is 2.62. The molecule has 1 aliphatic rings. The van der Waals surface area contributed by atoms with E-state index in [0.717, 1.165) is 0 Å². The number of hydrogen-bond donors (Lipinski definition) is 2. The first-order chi connectivity index (χ1) is 9.86. The summed E-state index contributed by atoms with van der Waals surface area (Å²) in [6.45, 7) is 7.29. The lowest BCUT2D eigenvalue weighted by Crippen LogP contribution is -2.51. The molecule has 1 saturated heterocycles. The Morgan fingerprint density at radius 2 is 1.71 bits per heavy atom. The molecule has 7 heteroatoms. The molecular formula is C14H25N3O4. The van der Waals surface area contributed by atoms with Crippen LogP contribution in [-0.2, 0) is 9.59 Å². The van der Waals surface area contributed by atoms with E-state index in [2.05, 4.69) is 5.32 Å². The summed E-state index contributed by atoms with van der Waals surface area (Å²) >= 11 is 0. The molecule has 7 nitrogen and oxygen atoms in total. The van der Waals surface area contributed by atoms with Gasteiger partial charge in [-0.2, -0.15) is 0 Å². The van der Waals surface area contributed by atoms with Crippen LogP contribution in [0.25, 0.3) is 0 Å². The van der Waals surface area contributed by atoms with Crippen LogP contribution in [0, 0.1) is 5.92 Å². The van der Waals surface area contributed by atoms with Gasteiger partial charge in [0.2, 0.25) is 5.91 Å². The van der Waals surface area contributed by atoms with Crippen molar-refractivity contribution in [2.45, 2.75) is 39.7 Å². The number of nitrogens with one attached hydrogen (secondary N) is 1. The summed E-state index contributed by atoms with van der Waals surface area (Å²) in [6.07, 6.45) is 1.38. The average Bonchev–Trinajstić information content (AvgIpc) is 2.69. The van der Waals surface area contributed by atoms with Crippen LogP contribution in [0.5, 0.6) is 0 Å². The van der Waals surface area contributed by atoms with E-state index in [9.17, 15) is 19.5 Å². The summed E-state index contributed by atoms with van der Waals surface area (Å²) in [4.78, 5) is 38.1. The zero-order valence-electron chi connectivity index (χ0n) is 13.0. The van der Waals surface area contributed by atoms with E-state index in [1.165, 1.54) is 6.92 Å². The van der Waals surface area contributed by atoms with Crippen molar-refractivity contribution in [2.75, 3.05) is 26.2 Å². The molecule has 0 unspecified atom stereocenters. The molecule has 1 rings (SSSR count). The molecule has 3 amide bonds. The van der Waals surface area contributed by atoms with E-state index in [1.807, 2.05) is 6.92 Å². The third-order valence-electron chi connectivity index (χ3n) is 3.99. The summed E-state index contributed by atoms with van der Waals surface area (Å²) in [7, 11) is 0. The first kappa shape index (κ1) is 17.3. The molecule has 21 heavy (non-hydrogen) atoms. The highest BCUT2D eigenvalue weighted by atomic mass is 16.4. The Morgan fingerprint density at radius 1 is 1.14 bits per heavy atom. The molecular weight excluding hydrogens is 274 g/mol. The van der Waals surface area contributed by atoms with Gasteiger partial charge in [-0.3, -0.25) is 4.79 Å². The van der Waals surface area contributed by atoms with E-state index in [-0.39, 0.29) is 17.9 Å². The zero-order valence-corrected chi connectivity index (χ0v) is 13.0. The number of carbonyl (C=O) groups is 3. The van der Waals surface area contributed by atoms with Crippen molar-refractivity contribution in [3.05, 3.63) is 0 Å². The van der Waals surface area contributed by atoms with Gasteiger partial charge in [0, 0.05) is 33.1 Å². The van der Waals surface area contributed by atoms with Crippen LogP contribution >= 0.6 is 0 Å². The van der Waals surface area contributed by atoms with Crippen molar-refractivity contribution in [3.63, 3.8) is 0 Å². The molecule has 1 aliphatic heterocycles. The Labute approximate surface area is 125 Å². The summed E-state index contributed by atoms with van der Waals surface area (Å²) in [5.74, 6) is -1.15. The highest BCUT2D eigenvalue weighted by molar-refractivity contribution is 5.83. The van der Waals surface area contributed by atoms with Gasteiger partial charge in [-0.25, -0.2) is 9.59 Å². The van der Waals surface area contributed by atoms with Gasteiger partial charge < -0.3 is 20.2 Å². The van der Waals surface area contributed by atoms with E-state index in [1.54, 1.807) is 16.7 Å². The molecule has 0 aromatic rings. The van der Waals surface area contributed by atoms with Gasteiger partial charge in [0.15, 0.2) is 0 Å². The molecule has 120 valence electrons. The van der Waals surface area contributed by atoms with Gasteiger partial charge in [-0.1, -0.05) is 20.3 Å². The second-order valence-electron chi connectivity index (χ2n) is 5.50. The summed E-state index contributed by atoms with van der Waals surface area (Å²) in [5.41, 5.74) is 0. The molecule has 1 fully saturated rings. The lowest BCUT2D eigenvalue weighted by molar-refractivity contribution is -0.140. The molecule has 2 N–H and O–H groups in total. The fourth-order valence-electron chi connectivity index (χ4n) is 2.34. The highest BCUT2D eigenvalue weighted by Gasteiger charge is 2.28. The number of rotatable bonds is 4. The van der Waals surface area contributed by atoms with Crippen molar-refractivity contribution in [2.24, 2.45) is 5.92 Å². The Morgan fingerprint density at radius 3 is 2.24 bits per heavy atom. The number of carboxylic acids is 1. The fraction of sp³-hybridized carbons (Fsp3) is 0.786. The second kappa shape index (κ2) is 7.85. The maximum absolute atomic E-state index is 12.2. The minimum Gasteiger partial charge on any atom is -0.480 e. The smallest absolute Gasteiger partial charge is 0.326 e. The summed E-state index contributed by atoms with van der Waals surface area (Å²) < 4.78 is 0. The van der Waals surface area contributed by atoms with E-state index < -0.39 is 12.0 Å². The van der Waals surface area contributed by atoms with Crippen LogP contribution in [0.4, 0.5) is 4.79 Å². The highest BCUT2D eigenvalue weighted by Crippen LogP contribution is 2.10. The van der Waals surface area contributed by atoms with Gasteiger partial charge in [0.25, 0.3) is 0 Å². The fourth-order valence-corrected chi connectivity index (χ4v) is 2.34. The minimum absolute atomic E-state index is 0.000255. The Hall–Kier alpha value is -1.79. The van der Waals surface area contributed by atoms with E-state index >= 15 is 0 Å². The SMILES string of the molecule is CC[C@H](C)[C@H](NC(=O)N1CCCN(C(C)=O)CC1)C(=O)O. The topological polar surface area (TPSA) is 90.0 Å². The number of hydrogen-bond acceptors (Lipinski definition) is 3. The van der Waals surface area contributed by atoms with Gasteiger partial charge in [-0.05, 0) is 12.3 Å². The first-order valence-electron chi connectivity index (χ1n) is 7.40. The molecule has 0 aromatic carbocycles. The largest absolute Gasteiger partial charge is 0.480 e. The lowest BCUT2D eigenvalue weighted by atomic mass is 9.99. The maximum Gasteiger partial charge on any atom is 0.326 e. The van der Waals surface area contributed by atoms with Gasteiger partial charge >= 0.3 is 12.0 Å². The van der Waals surface area contributed by atoms with Crippen LogP contribution in [0.15, 0.2) is 0 Å². The van der Waals surface area contributed by atoms with Crippen molar-refractivity contribution < 1.29 is 19.5 Å². The Bertz CT molecular complexity index is 400. The zero-order chi connectivity index (χ0) is 16.0.